The Morgan fingerprint density at radius 2 is 1.97 bits per heavy atom. The summed E-state index contributed by atoms with van der Waals surface area (Å²) in [4.78, 5) is 19.9. The topological polar surface area (TPSA) is 148 Å². The van der Waals surface area contributed by atoms with Gasteiger partial charge >= 0.3 is 0 Å². The molecule has 1 aliphatic rings. The van der Waals surface area contributed by atoms with Gasteiger partial charge in [-0.15, -0.1) is 0 Å². The molecular formula is C27H38N8O2. The minimum atomic E-state index is -0.00283. The molecule has 1 aliphatic heterocycles. The normalized spacial score (nSPS) is 14.5. The lowest BCUT2D eigenvalue weighted by Crippen LogP contribution is -2.34. The largest absolute Gasteiger partial charge is 0.395 e. The van der Waals surface area contributed by atoms with E-state index in [0.29, 0.717) is 36.3 Å². The highest BCUT2D eigenvalue weighted by Crippen LogP contribution is 2.25. The molecule has 0 amide bonds. The molecule has 0 aliphatic carbocycles. The third-order valence-corrected chi connectivity index (χ3v) is 6.64. The van der Waals surface area contributed by atoms with E-state index in [1.165, 1.54) is 5.56 Å². The van der Waals surface area contributed by atoms with Crippen LogP contribution in [0.2, 0.25) is 0 Å². The van der Waals surface area contributed by atoms with Gasteiger partial charge in [-0.2, -0.15) is 4.98 Å². The SMILES string of the molecule is CCCCN(CCO)c1nc(N)nc(C=NCc2ccc(CNC3CCOCC3)c3cccnc23)c1N. The summed E-state index contributed by atoms with van der Waals surface area (Å²) in [6.07, 6.45) is 7.50. The number of aromatic nitrogens is 3. The van der Waals surface area contributed by atoms with Crippen LogP contribution in [0.4, 0.5) is 17.5 Å². The van der Waals surface area contributed by atoms with Gasteiger partial charge in [0.2, 0.25) is 5.95 Å². The van der Waals surface area contributed by atoms with Gasteiger partial charge in [0, 0.05) is 56.7 Å². The number of hydrogen-bond donors (Lipinski definition) is 4. The third-order valence-electron chi connectivity index (χ3n) is 6.64. The van der Waals surface area contributed by atoms with Crippen molar-refractivity contribution in [3.05, 3.63) is 47.3 Å². The Kier molecular flexibility index (Phi) is 9.58. The van der Waals surface area contributed by atoms with Crippen LogP contribution in [0.5, 0.6) is 0 Å². The van der Waals surface area contributed by atoms with Gasteiger partial charge in [0.1, 0.15) is 11.4 Å². The number of nitrogens with one attached hydrogen (secondary N) is 1. The summed E-state index contributed by atoms with van der Waals surface area (Å²) in [6, 6.07) is 8.80. The molecule has 4 rings (SSSR count). The number of aliphatic hydroxyl groups is 1. The summed E-state index contributed by atoms with van der Waals surface area (Å²) >= 11 is 0. The Hall–Kier alpha value is -3.34. The number of nitrogen functional groups attached to an aromatic ring is 2. The monoisotopic (exact) mass is 506 g/mol. The molecule has 10 heteroatoms. The van der Waals surface area contributed by atoms with Gasteiger partial charge in [-0.05, 0) is 36.5 Å². The summed E-state index contributed by atoms with van der Waals surface area (Å²) in [5, 5.41) is 14.3. The number of unbranched alkanes of at least 4 members (excludes halogenated alkanes) is 1. The highest BCUT2D eigenvalue weighted by molar-refractivity contribution is 5.89. The summed E-state index contributed by atoms with van der Waals surface area (Å²) in [6.45, 7) is 6.11. The van der Waals surface area contributed by atoms with Crippen LogP contribution in [-0.2, 0) is 17.8 Å². The van der Waals surface area contributed by atoms with Crippen LogP contribution in [0.25, 0.3) is 10.9 Å². The number of rotatable bonds is 12. The fourth-order valence-electron chi connectivity index (χ4n) is 4.58. The van der Waals surface area contributed by atoms with Crippen molar-refractivity contribution in [1.29, 1.82) is 0 Å². The fourth-order valence-corrected chi connectivity index (χ4v) is 4.58. The fraction of sp³-hybridized carbons (Fsp3) is 0.481. The van der Waals surface area contributed by atoms with Crippen LogP contribution < -0.4 is 21.7 Å². The molecule has 0 spiro atoms. The van der Waals surface area contributed by atoms with Gasteiger partial charge in [0.25, 0.3) is 0 Å². The number of pyridine rings is 1. The van der Waals surface area contributed by atoms with Gasteiger partial charge < -0.3 is 31.5 Å². The first kappa shape index (κ1) is 26.7. The standard InChI is InChI=1S/C27H38N8O2/c1-2-3-11-35(12-13-36)26-24(28)23(33-27(29)34-26)18-30-16-20-7-6-19(22-5-4-10-31-25(20)22)17-32-21-8-14-37-15-9-21/h4-7,10,18,21,32,36H,2-3,8-9,11-17,28H2,1H3,(H2,29,33,34). The van der Waals surface area contributed by atoms with Crippen LogP contribution >= 0.6 is 0 Å². The van der Waals surface area contributed by atoms with Crippen molar-refractivity contribution < 1.29 is 9.84 Å². The van der Waals surface area contributed by atoms with Crippen LogP contribution in [0.3, 0.4) is 0 Å². The Morgan fingerprint density at radius 3 is 2.76 bits per heavy atom. The Balaban J connectivity index is 1.52. The van der Waals surface area contributed by atoms with Crippen LogP contribution in [0.15, 0.2) is 35.5 Å². The predicted octanol–water partition coefficient (Wildman–Crippen LogP) is 2.68. The number of nitrogens with two attached hydrogens (primary N) is 2. The Bertz CT molecular complexity index is 1200. The second-order valence-corrected chi connectivity index (χ2v) is 9.29. The van der Waals surface area contributed by atoms with Crippen molar-refractivity contribution in [2.24, 2.45) is 4.99 Å². The lowest BCUT2D eigenvalue weighted by molar-refractivity contribution is 0.0776. The molecule has 0 radical (unpaired) electrons. The molecule has 0 atom stereocenters. The number of benzene rings is 1. The second kappa shape index (κ2) is 13.3. The van der Waals surface area contributed by atoms with Gasteiger partial charge in [0.05, 0.1) is 18.7 Å². The number of anilines is 3. The Morgan fingerprint density at radius 1 is 1.16 bits per heavy atom. The maximum atomic E-state index is 9.50. The average molecular weight is 507 g/mol. The number of ether oxygens (including phenoxy) is 1. The zero-order chi connectivity index (χ0) is 26.0. The first-order valence-corrected chi connectivity index (χ1v) is 13.1. The number of fused-ring (bicyclic) bond motifs is 1. The predicted molar refractivity (Wildman–Crippen MR) is 149 cm³/mol. The molecule has 0 unspecified atom stereocenters. The van der Waals surface area contributed by atoms with Crippen LogP contribution in [0.1, 0.15) is 49.4 Å². The Labute approximate surface area is 218 Å². The molecular weight excluding hydrogens is 468 g/mol. The third kappa shape index (κ3) is 6.91. The molecule has 3 heterocycles. The number of aliphatic imine (C=N–C) groups is 1. The van der Waals surface area contributed by atoms with E-state index in [9.17, 15) is 5.11 Å². The van der Waals surface area contributed by atoms with E-state index in [0.717, 1.165) is 68.5 Å². The van der Waals surface area contributed by atoms with Crippen molar-refractivity contribution in [2.45, 2.75) is 51.7 Å². The quantitative estimate of drug-likeness (QED) is 0.272. The van der Waals surface area contributed by atoms with E-state index >= 15 is 0 Å². The van der Waals surface area contributed by atoms with E-state index in [2.05, 4.69) is 50.4 Å². The van der Waals surface area contributed by atoms with Crippen molar-refractivity contribution >= 4 is 34.6 Å². The first-order chi connectivity index (χ1) is 18.1. The molecule has 1 fully saturated rings. The zero-order valence-corrected chi connectivity index (χ0v) is 21.6. The molecule has 1 aromatic carbocycles. The molecule has 1 saturated heterocycles. The van der Waals surface area contributed by atoms with Crippen molar-refractivity contribution in [3.63, 3.8) is 0 Å². The molecule has 0 bridgehead atoms. The van der Waals surface area contributed by atoms with Crippen molar-refractivity contribution in [1.82, 2.24) is 20.3 Å². The molecule has 198 valence electrons. The van der Waals surface area contributed by atoms with E-state index in [-0.39, 0.29) is 12.6 Å². The smallest absolute Gasteiger partial charge is 0.222 e. The van der Waals surface area contributed by atoms with Crippen molar-refractivity contribution in [2.75, 3.05) is 49.3 Å². The van der Waals surface area contributed by atoms with Gasteiger partial charge in [-0.1, -0.05) is 31.5 Å². The summed E-state index contributed by atoms with van der Waals surface area (Å²) < 4.78 is 5.47. The number of hydrogen-bond acceptors (Lipinski definition) is 10. The molecule has 6 N–H and O–H groups in total. The zero-order valence-electron chi connectivity index (χ0n) is 21.6. The molecule has 2 aromatic heterocycles. The van der Waals surface area contributed by atoms with E-state index < -0.39 is 0 Å². The maximum Gasteiger partial charge on any atom is 0.222 e. The van der Waals surface area contributed by atoms with Gasteiger partial charge in [0.15, 0.2) is 5.82 Å². The van der Waals surface area contributed by atoms with E-state index in [4.69, 9.17) is 16.2 Å². The van der Waals surface area contributed by atoms with Gasteiger partial charge in [-0.3, -0.25) is 9.98 Å². The molecule has 3 aromatic rings. The average Bonchev–Trinajstić information content (AvgIpc) is 2.92. The highest BCUT2D eigenvalue weighted by atomic mass is 16.5. The number of aliphatic hydroxyl groups excluding tert-OH is 1. The minimum Gasteiger partial charge on any atom is -0.395 e. The van der Waals surface area contributed by atoms with E-state index in [1.807, 2.05) is 17.2 Å². The maximum absolute atomic E-state index is 9.50. The van der Waals surface area contributed by atoms with Crippen molar-refractivity contribution in [3.8, 4) is 0 Å². The van der Waals surface area contributed by atoms with Crippen LogP contribution in [-0.4, -0.2) is 65.2 Å². The second-order valence-electron chi connectivity index (χ2n) is 9.29. The summed E-state index contributed by atoms with van der Waals surface area (Å²) in [5.41, 5.74) is 16.5. The van der Waals surface area contributed by atoms with Gasteiger partial charge in [-0.25, -0.2) is 4.98 Å². The molecule has 37 heavy (non-hydrogen) atoms. The van der Waals surface area contributed by atoms with Crippen LogP contribution in [0, 0.1) is 0 Å². The number of nitrogens with zero attached hydrogens (tertiary/aromatic N) is 5. The molecule has 10 nitrogen and oxygen atoms in total. The minimum absolute atomic E-state index is 0.00283. The molecule has 0 saturated carbocycles. The lowest BCUT2D eigenvalue weighted by atomic mass is 10.0. The summed E-state index contributed by atoms with van der Waals surface area (Å²) in [5.74, 6) is 0.656. The first-order valence-electron chi connectivity index (χ1n) is 13.1. The lowest BCUT2D eigenvalue weighted by Gasteiger charge is -2.24. The highest BCUT2D eigenvalue weighted by Gasteiger charge is 2.17. The van der Waals surface area contributed by atoms with E-state index in [1.54, 1.807) is 6.21 Å². The summed E-state index contributed by atoms with van der Waals surface area (Å²) in [7, 11) is 0.